The predicted octanol–water partition coefficient (Wildman–Crippen LogP) is 5.92. The van der Waals surface area contributed by atoms with Crippen LogP contribution in [0.25, 0.3) is 10.4 Å². The van der Waals surface area contributed by atoms with Gasteiger partial charge in [0.1, 0.15) is 21.5 Å². The number of amidine groups is 1. The average Bonchev–Trinajstić information content (AvgIpc) is 3.13. The third-order valence-electron chi connectivity index (χ3n) is 4.40. The maximum absolute atomic E-state index is 14.4. The summed E-state index contributed by atoms with van der Waals surface area (Å²) in [6.45, 7) is 0.287. The molecule has 29 heavy (non-hydrogen) atoms. The van der Waals surface area contributed by atoms with Gasteiger partial charge in [0.05, 0.1) is 0 Å². The van der Waals surface area contributed by atoms with Gasteiger partial charge in [0.25, 0.3) is 0 Å². The lowest BCUT2D eigenvalue weighted by Gasteiger charge is -2.36. The average molecular weight is 433 g/mol. The molecule has 6 nitrogen and oxygen atoms in total. The van der Waals surface area contributed by atoms with E-state index in [2.05, 4.69) is 15.1 Å². The van der Waals surface area contributed by atoms with Gasteiger partial charge < -0.3 is 0 Å². The molecule has 2 aromatic carbocycles. The molecule has 0 bridgehead atoms. The number of hydrogen-bond acceptors (Lipinski definition) is 5. The number of hydrogen-bond donors (Lipinski definition) is 1. The summed E-state index contributed by atoms with van der Waals surface area (Å²) in [5.74, 6) is -1.14. The van der Waals surface area contributed by atoms with Crippen molar-refractivity contribution in [2.75, 3.05) is 12.8 Å². The predicted molar refractivity (Wildman–Crippen MR) is 115 cm³/mol. The Morgan fingerprint density at radius 3 is 2.76 bits per heavy atom. The van der Waals surface area contributed by atoms with Crippen molar-refractivity contribution in [2.24, 2.45) is 10.2 Å². The molecular formula is C19H18F2N6S2. The molecule has 1 atom stereocenters. The Bertz CT molecular complexity index is 978. The summed E-state index contributed by atoms with van der Waals surface area (Å²) in [5, 5.41) is 18.6. The van der Waals surface area contributed by atoms with Gasteiger partial charge >= 0.3 is 0 Å². The summed E-state index contributed by atoms with van der Waals surface area (Å²) in [6.07, 6.45) is 2.80. The molecule has 1 aliphatic heterocycles. The van der Waals surface area contributed by atoms with Crippen molar-refractivity contribution in [2.45, 2.75) is 17.7 Å². The second-order valence-electron chi connectivity index (χ2n) is 6.16. The lowest BCUT2D eigenvalue weighted by atomic mass is 10.0. The molecule has 1 unspecified atom stereocenters. The van der Waals surface area contributed by atoms with E-state index in [1.54, 1.807) is 11.3 Å². The van der Waals surface area contributed by atoms with E-state index >= 15 is 0 Å². The Morgan fingerprint density at radius 1 is 1.31 bits per heavy atom. The first-order valence-electron chi connectivity index (χ1n) is 8.74. The quantitative estimate of drug-likeness (QED) is 0.154. The topological polar surface area (TPSA) is 88.2 Å². The van der Waals surface area contributed by atoms with Crippen LogP contribution in [0, 0.1) is 17.0 Å². The van der Waals surface area contributed by atoms with E-state index in [9.17, 15) is 8.78 Å². The molecule has 1 aliphatic rings. The van der Waals surface area contributed by atoms with Gasteiger partial charge in [-0.05, 0) is 48.4 Å². The SMILES string of the molecule is CSC(=N)N1N=C(c2cc(F)ccc2F)SC1(CCCN=[N+]=[N-])c1ccccc1. The standard InChI is InChI=1S/C19H18F2N6S2/c1-28-18(22)27-19(10-5-11-24-26-23,13-6-3-2-4-7-13)29-17(25-27)15-12-14(20)8-9-16(15)21/h2-4,6-9,12,22H,5,10-11H2,1H3. The monoisotopic (exact) mass is 432 g/mol. The number of azide groups is 1. The fourth-order valence-electron chi connectivity index (χ4n) is 3.08. The first kappa shape index (κ1) is 21.2. The second kappa shape index (κ2) is 9.30. The van der Waals surface area contributed by atoms with E-state index in [1.807, 2.05) is 30.3 Å². The van der Waals surface area contributed by atoms with E-state index < -0.39 is 16.5 Å². The van der Waals surface area contributed by atoms with Gasteiger partial charge in [-0.3, -0.25) is 5.41 Å². The summed E-state index contributed by atoms with van der Waals surface area (Å²) in [5.41, 5.74) is 9.50. The number of thioether (sulfide) groups is 2. The van der Waals surface area contributed by atoms with Gasteiger partial charge in [-0.25, -0.2) is 13.8 Å². The molecule has 0 radical (unpaired) electrons. The van der Waals surface area contributed by atoms with E-state index in [4.69, 9.17) is 10.9 Å². The van der Waals surface area contributed by atoms with Crippen LogP contribution in [-0.4, -0.2) is 28.0 Å². The van der Waals surface area contributed by atoms with E-state index in [0.29, 0.717) is 17.9 Å². The summed E-state index contributed by atoms with van der Waals surface area (Å²) in [4.78, 5) is 1.95. The van der Waals surface area contributed by atoms with Crippen LogP contribution in [0.4, 0.5) is 8.78 Å². The Kier molecular flexibility index (Phi) is 6.79. The number of nitrogens with one attached hydrogen (secondary N) is 1. The zero-order chi connectivity index (χ0) is 20.9. The van der Waals surface area contributed by atoms with Crippen LogP contribution < -0.4 is 0 Å². The number of nitrogens with zero attached hydrogens (tertiary/aromatic N) is 5. The van der Waals surface area contributed by atoms with Crippen LogP contribution in [-0.2, 0) is 4.87 Å². The molecule has 0 aromatic heterocycles. The highest BCUT2D eigenvalue weighted by atomic mass is 32.2. The molecule has 0 amide bonds. The molecule has 0 spiro atoms. The smallest absolute Gasteiger partial charge is 0.178 e. The molecule has 1 N–H and O–H groups in total. The van der Waals surface area contributed by atoms with Crippen LogP contribution in [0.1, 0.15) is 24.0 Å². The first-order chi connectivity index (χ1) is 14.0. The number of hydrazone groups is 1. The zero-order valence-corrected chi connectivity index (χ0v) is 17.2. The Hall–Kier alpha value is -2.55. The molecule has 0 saturated heterocycles. The van der Waals surface area contributed by atoms with Gasteiger partial charge in [-0.1, -0.05) is 59.0 Å². The highest BCUT2D eigenvalue weighted by molar-refractivity contribution is 8.16. The lowest BCUT2D eigenvalue weighted by Crippen LogP contribution is -2.40. The first-order valence-corrected chi connectivity index (χ1v) is 10.8. The Balaban J connectivity index is 2.09. The Morgan fingerprint density at radius 2 is 2.07 bits per heavy atom. The molecule has 150 valence electrons. The highest BCUT2D eigenvalue weighted by Gasteiger charge is 2.47. The molecular weight excluding hydrogens is 414 g/mol. The van der Waals surface area contributed by atoms with Gasteiger partial charge in [0.2, 0.25) is 0 Å². The van der Waals surface area contributed by atoms with Crippen molar-refractivity contribution in [1.82, 2.24) is 5.01 Å². The van der Waals surface area contributed by atoms with Crippen LogP contribution in [0.15, 0.2) is 58.7 Å². The maximum Gasteiger partial charge on any atom is 0.178 e. The van der Waals surface area contributed by atoms with Crippen molar-refractivity contribution in [3.63, 3.8) is 0 Å². The third kappa shape index (κ3) is 4.39. The van der Waals surface area contributed by atoms with E-state index in [0.717, 1.165) is 23.8 Å². The third-order valence-corrected chi connectivity index (χ3v) is 6.41. The van der Waals surface area contributed by atoms with Crippen LogP contribution in [0.3, 0.4) is 0 Å². The summed E-state index contributed by atoms with van der Waals surface area (Å²) in [6, 6.07) is 12.7. The summed E-state index contributed by atoms with van der Waals surface area (Å²) >= 11 is 2.48. The lowest BCUT2D eigenvalue weighted by molar-refractivity contribution is 0.282. The fraction of sp³-hybridized carbons (Fsp3) is 0.263. The zero-order valence-electron chi connectivity index (χ0n) is 15.5. The minimum absolute atomic E-state index is 0.0572. The maximum atomic E-state index is 14.4. The molecule has 1 heterocycles. The molecule has 0 saturated carbocycles. The van der Waals surface area contributed by atoms with Gasteiger partial charge in [0.15, 0.2) is 5.17 Å². The van der Waals surface area contributed by atoms with Crippen molar-refractivity contribution in [3.05, 3.63) is 81.7 Å². The van der Waals surface area contributed by atoms with Crippen molar-refractivity contribution >= 4 is 33.7 Å². The molecule has 3 rings (SSSR count). The van der Waals surface area contributed by atoms with Gasteiger partial charge in [-0.15, -0.1) is 0 Å². The summed E-state index contributed by atoms with van der Waals surface area (Å²) < 4.78 is 28.2. The molecule has 10 heteroatoms. The normalized spacial score (nSPS) is 18.3. The minimum Gasteiger partial charge on any atom is -0.277 e. The second-order valence-corrected chi connectivity index (χ2v) is 8.22. The van der Waals surface area contributed by atoms with Crippen molar-refractivity contribution in [3.8, 4) is 0 Å². The fourth-order valence-corrected chi connectivity index (χ4v) is 4.93. The molecule has 0 aliphatic carbocycles. The number of rotatable bonds is 6. The summed E-state index contributed by atoms with van der Waals surface area (Å²) in [7, 11) is 0. The molecule has 0 fully saturated rings. The Labute approximate surface area is 175 Å². The van der Waals surface area contributed by atoms with Crippen LogP contribution >= 0.6 is 23.5 Å². The van der Waals surface area contributed by atoms with E-state index in [-0.39, 0.29) is 17.3 Å². The van der Waals surface area contributed by atoms with Crippen LogP contribution in [0.2, 0.25) is 0 Å². The number of halogens is 2. The van der Waals surface area contributed by atoms with Gasteiger partial charge in [-0.2, -0.15) is 5.10 Å². The van der Waals surface area contributed by atoms with Crippen LogP contribution in [0.5, 0.6) is 0 Å². The van der Waals surface area contributed by atoms with Crippen molar-refractivity contribution < 1.29 is 8.78 Å². The largest absolute Gasteiger partial charge is 0.277 e. The minimum atomic E-state index is -0.833. The van der Waals surface area contributed by atoms with Crippen molar-refractivity contribution in [1.29, 1.82) is 5.41 Å². The van der Waals surface area contributed by atoms with E-state index in [1.165, 1.54) is 23.5 Å². The molecule has 2 aromatic rings. The highest BCUT2D eigenvalue weighted by Crippen LogP contribution is 2.51. The van der Waals surface area contributed by atoms with Gasteiger partial charge in [0, 0.05) is 17.0 Å². The number of benzene rings is 2.